The van der Waals surface area contributed by atoms with Crippen LogP contribution in [0.5, 0.6) is 11.5 Å². The van der Waals surface area contributed by atoms with Gasteiger partial charge in [-0.15, -0.1) is 0 Å². The molecule has 1 amide bonds. The number of ether oxygens (including phenoxy) is 3. The minimum absolute atomic E-state index is 0.0935. The quantitative estimate of drug-likeness (QED) is 0.695. The van der Waals surface area contributed by atoms with Crippen LogP contribution in [0.25, 0.3) is 0 Å². The third-order valence-corrected chi connectivity index (χ3v) is 6.88. The first-order valence-electron chi connectivity index (χ1n) is 12.1. The Labute approximate surface area is 197 Å². The first-order chi connectivity index (χ1) is 16.2. The van der Waals surface area contributed by atoms with E-state index in [9.17, 15) is 4.79 Å². The lowest BCUT2D eigenvalue weighted by Gasteiger charge is -2.38. The van der Waals surface area contributed by atoms with Crippen molar-refractivity contribution in [3.63, 3.8) is 0 Å². The van der Waals surface area contributed by atoms with E-state index in [4.69, 9.17) is 14.2 Å². The summed E-state index contributed by atoms with van der Waals surface area (Å²) in [6, 6.07) is 15.9. The van der Waals surface area contributed by atoms with Gasteiger partial charge in [-0.2, -0.15) is 0 Å². The summed E-state index contributed by atoms with van der Waals surface area (Å²) < 4.78 is 17.1. The number of carbonyl (C=O) groups excluding carboxylic acids is 1. The molecule has 0 aliphatic carbocycles. The second kappa shape index (κ2) is 11.5. The number of nitrogens with zero attached hydrogens (tertiary/aromatic N) is 2. The summed E-state index contributed by atoms with van der Waals surface area (Å²) in [5.41, 5.74) is 1.97. The van der Waals surface area contributed by atoms with Crippen molar-refractivity contribution in [2.45, 2.75) is 38.3 Å². The van der Waals surface area contributed by atoms with Gasteiger partial charge in [0.25, 0.3) is 5.91 Å². The van der Waals surface area contributed by atoms with Crippen molar-refractivity contribution in [3.8, 4) is 11.5 Å². The van der Waals surface area contributed by atoms with Crippen molar-refractivity contribution in [3.05, 3.63) is 59.7 Å². The van der Waals surface area contributed by atoms with Crippen molar-refractivity contribution < 1.29 is 19.0 Å². The van der Waals surface area contributed by atoms with Gasteiger partial charge < -0.3 is 19.1 Å². The second-order valence-corrected chi connectivity index (χ2v) is 9.07. The smallest absolute Gasteiger partial charge is 0.254 e. The molecule has 0 spiro atoms. The molecule has 0 N–H and O–H groups in total. The molecule has 178 valence electrons. The number of carbonyl (C=O) groups is 1. The number of amides is 1. The van der Waals surface area contributed by atoms with Crippen LogP contribution in [0.15, 0.2) is 48.5 Å². The van der Waals surface area contributed by atoms with Crippen LogP contribution in [0, 0.1) is 5.92 Å². The Hall–Kier alpha value is -2.57. The molecule has 4 rings (SSSR count). The van der Waals surface area contributed by atoms with Gasteiger partial charge in [-0.1, -0.05) is 24.6 Å². The Morgan fingerprint density at radius 2 is 1.85 bits per heavy atom. The lowest BCUT2D eigenvalue weighted by molar-refractivity contribution is -0.00676. The molecule has 6 nitrogen and oxygen atoms in total. The Kier molecular flexibility index (Phi) is 8.24. The van der Waals surface area contributed by atoms with Crippen molar-refractivity contribution in [1.29, 1.82) is 0 Å². The number of benzene rings is 2. The monoisotopic (exact) mass is 452 g/mol. The first-order valence-corrected chi connectivity index (χ1v) is 12.1. The summed E-state index contributed by atoms with van der Waals surface area (Å²) in [4.78, 5) is 17.6. The molecule has 33 heavy (non-hydrogen) atoms. The molecular weight excluding hydrogens is 416 g/mol. The molecule has 1 fully saturated rings. The van der Waals surface area contributed by atoms with Crippen molar-refractivity contribution in [2.24, 2.45) is 5.92 Å². The lowest BCUT2D eigenvalue weighted by Crippen LogP contribution is -2.46. The van der Waals surface area contributed by atoms with Crippen LogP contribution in [0.2, 0.25) is 0 Å². The molecule has 2 aromatic rings. The molecule has 0 radical (unpaired) electrons. The van der Waals surface area contributed by atoms with Crippen LogP contribution < -0.4 is 9.47 Å². The number of hydrogen-bond donors (Lipinski definition) is 0. The standard InChI is InChI=1S/C27H36N2O4/c1-31-24-11-9-21(10-12-24)19-28-14-4-3-6-23-20-29(15-13-26(23)32-2)27(30)22-7-5-8-25(18-22)33-17-16-28/h5,7-12,18,23,26H,3-4,6,13-17,19-20H2,1-2H3/t23-,26+/m0/s1. The summed E-state index contributed by atoms with van der Waals surface area (Å²) in [6.45, 7) is 4.82. The Morgan fingerprint density at radius 3 is 2.64 bits per heavy atom. The van der Waals surface area contributed by atoms with E-state index in [1.165, 1.54) is 5.56 Å². The highest BCUT2D eigenvalue weighted by Gasteiger charge is 2.31. The summed E-state index contributed by atoms with van der Waals surface area (Å²) in [5, 5.41) is 0. The van der Waals surface area contributed by atoms with Crippen LogP contribution in [-0.2, 0) is 11.3 Å². The highest BCUT2D eigenvalue weighted by molar-refractivity contribution is 5.94. The third kappa shape index (κ3) is 6.27. The highest BCUT2D eigenvalue weighted by atomic mass is 16.5. The Bertz CT molecular complexity index is 901. The molecule has 6 heteroatoms. The minimum atomic E-state index is 0.0935. The van der Waals surface area contributed by atoms with Gasteiger partial charge in [0, 0.05) is 44.8 Å². The van der Waals surface area contributed by atoms with Crippen LogP contribution in [0.1, 0.15) is 41.6 Å². The van der Waals surface area contributed by atoms with E-state index in [-0.39, 0.29) is 12.0 Å². The predicted molar refractivity (Wildman–Crippen MR) is 129 cm³/mol. The van der Waals surface area contributed by atoms with Gasteiger partial charge in [0.05, 0.1) is 13.2 Å². The average Bonchev–Trinajstić information content (AvgIpc) is 2.86. The Balaban J connectivity index is 1.48. The van der Waals surface area contributed by atoms with Gasteiger partial charge in [-0.25, -0.2) is 0 Å². The zero-order valence-corrected chi connectivity index (χ0v) is 19.9. The molecule has 1 saturated heterocycles. The van der Waals surface area contributed by atoms with Gasteiger partial charge in [0.15, 0.2) is 0 Å². The molecule has 2 aliphatic heterocycles. The van der Waals surface area contributed by atoms with E-state index >= 15 is 0 Å². The molecule has 0 saturated carbocycles. The van der Waals surface area contributed by atoms with Crippen LogP contribution in [0.3, 0.4) is 0 Å². The minimum Gasteiger partial charge on any atom is -0.497 e. The first kappa shape index (κ1) is 23.6. The highest BCUT2D eigenvalue weighted by Crippen LogP contribution is 2.27. The number of hydrogen-bond acceptors (Lipinski definition) is 5. The fraction of sp³-hybridized carbons (Fsp3) is 0.519. The molecular formula is C27H36N2O4. The number of piperidine rings is 1. The normalized spacial score (nSPS) is 22.7. The van der Waals surface area contributed by atoms with E-state index in [0.717, 1.165) is 69.9 Å². The molecule has 2 heterocycles. The largest absolute Gasteiger partial charge is 0.497 e. The topological polar surface area (TPSA) is 51.2 Å². The molecule has 0 unspecified atom stereocenters. The zero-order chi connectivity index (χ0) is 23.0. The number of methoxy groups -OCH3 is 2. The van der Waals surface area contributed by atoms with E-state index in [2.05, 4.69) is 17.0 Å². The third-order valence-electron chi connectivity index (χ3n) is 6.88. The summed E-state index contributed by atoms with van der Waals surface area (Å²) in [6.07, 6.45) is 4.45. The average molecular weight is 453 g/mol. The Morgan fingerprint density at radius 1 is 1.00 bits per heavy atom. The fourth-order valence-electron chi connectivity index (χ4n) is 4.98. The van der Waals surface area contributed by atoms with E-state index in [1.54, 1.807) is 14.2 Å². The van der Waals surface area contributed by atoms with E-state index in [1.807, 2.05) is 41.3 Å². The van der Waals surface area contributed by atoms with Gasteiger partial charge in [-0.3, -0.25) is 9.69 Å². The number of fused-ring (bicyclic) bond motifs is 4. The molecule has 2 aromatic carbocycles. The van der Waals surface area contributed by atoms with E-state index < -0.39 is 0 Å². The predicted octanol–water partition coefficient (Wildman–Crippen LogP) is 4.24. The van der Waals surface area contributed by atoms with Crippen molar-refractivity contribution >= 4 is 5.91 Å². The van der Waals surface area contributed by atoms with Crippen molar-refractivity contribution in [1.82, 2.24) is 9.80 Å². The second-order valence-electron chi connectivity index (χ2n) is 9.07. The van der Waals surface area contributed by atoms with Gasteiger partial charge in [-0.05, 0) is 61.7 Å². The van der Waals surface area contributed by atoms with Crippen LogP contribution in [-0.4, -0.2) is 68.8 Å². The summed E-state index contributed by atoms with van der Waals surface area (Å²) >= 11 is 0. The SMILES string of the molecule is COc1ccc(CN2CCCC[C@H]3CN(CC[C@H]3OC)C(=O)c3cccc(c3)OCC2)cc1. The maximum Gasteiger partial charge on any atom is 0.254 e. The van der Waals surface area contributed by atoms with Crippen LogP contribution in [0.4, 0.5) is 0 Å². The maximum atomic E-state index is 13.2. The molecule has 2 atom stereocenters. The lowest BCUT2D eigenvalue weighted by atomic mass is 9.89. The van der Waals surface area contributed by atoms with Gasteiger partial charge in [0.2, 0.25) is 0 Å². The molecule has 2 aliphatic rings. The maximum absolute atomic E-state index is 13.2. The summed E-state index contributed by atoms with van der Waals surface area (Å²) in [7, 11) is 3.49. The zero-order valence-electron chi connectivity index (χ0n) is 19.9. The van der Waals surface area contributed by atoms with Crippen LogP contribution >= 0.6 is 0 Å². The number of rotatable bonds is 4. The van der Waals surface area contributed by atoms with Crippen molar-refractivity contribution in [2.75, 3.05) is 47.0 Å². The van der Waals surface area contributed by atoms with Gasteiger partial charge in [0.1, 0.15) is 18.1 Å². The molecule has 0 aromatic heterocycles. The summed E-state index contributed by atoms with van der Waals surface area (Å²) in [5.74, 6) is 2.11. The molecule has 4 bridgehead atoms. The fourth-order valence-corrected chi connectivity index (χ4v) is 4.98. The van der Waals surface area contributed by atoms with E-state index in [0.29, 0.717) is 18.1 Å². The van der Waals surface area contributed by atoms with Gasteiger partial charge >= 0.3 is 0 Å².